The summed E-state index contributed by atoms with van der Waals surface area (Å²) in [7, 11) is 0. The molecule has 1 aromatic rings. The summed E-state index contributed by atoms with van der Waals surface area (Å²) in [4.78, 5) is 2.42. The van der Waals surface area contributed by atoms with Crippen LogP contribution in [0.1, 0.15) is 25.3 Å². The maximum absolute atomic E-state index is 13.0. The Morgan fingerprint density at radius 3 is 2.39 bits per heavy atom. The van der Waals surface area contributed by atoms with E-state index in [0.29, 0.717) is 18.2 Å². The van der Waals surface area contributed by atoms with Gasteiger partial charge in [0.15, 0.2) is 0 Å². The molecule has 1 saturated heterocycles. The summed E-state index contributed by atoms with van der Waals surface area (Å²) in [6.07, 6.45) is 2.56. The summed E-state index contributed by atoms with van der Waals surface area (Å²) >= 11 is 0. The zero-order valence-corrected chi connectivity index (χ0v) is 10.8. The van der Waals surface area contributed by atoms with E-state index < -0.39 is 11.6 Å². The molecular formula is C14H20F2N2. The average molecular weight is 254 g/mol. The van der Waals surface area contributed by atoms with Crippen molar-refractivity contribution in [3.8, 4) is 0 Å². The second-order valence-corrected chi connectivity index (χ2v) is 5.07. The van der Waals surface area contributed by atoms with Crippen LogP contribution in [-0.2, 0) is 6.54 Å². The van der Waals surface area contributed by atoms with Crippen LogP contribution in [0.15, 0.2) is 18.2 Å². The third-order valence-electron chi connectivity index (χ3n) is 3.31. The molecule has 2 rings (SSSR count). The predicted molar refractivity (Wildman–Crippen MR) is 68.3 cm³/mol. The van der Waals surface area contributed by atoms with E-state index in [1.165, 1.54) is 38.1 Å². The maximum Gasteiger partial charge on any atom is 0.126 e. The fraction of sp³-hybridized carbons (Fsp3) is 0.571. The van der Waals surface area contributed by atoms with E-state index in [1.54, 1.807) is 0 Å². The minimum absolute atomic E-state index is 0.328. The molecule has 1 atom stereocenters. The van der Waals surface area contributed by atoms with Gasteiger partial charge < -0.3 is 10.2 Å². The Bertz CT molecular complexity index is 369. The normalized spacial score (nSPS) is 18.2. The van der Waals surface area contributed by atoms with Crippen LogP contribution < -0.4 is 5.32 Å². The molecule has 1 unspecified atom stereocenters. The lowest BCUT2D eigenvalue weighted by molar-refractivity contribution is 0.298. The highest BCUT2D eigenvalue weighted by atomic mass is 19.1. The molecular weight excluding hydrogens is 234 g/mol. The van der Waals surface area contributed by atoms with Crippen LogP contribution in [0.5, 0.6) is 0 Å². The second-order valence-electron chi connectivity index (χ2n) is 5.07. The monoisotopic (exact) mass is 254 g/mol. The third-order valence-corrected chi connectivity index (χ3v) is 3.31. The van der Waals surface area contributed by atoms with Crippen LogP contribution in [0.4, 0.5) is 8.78 Å². The molecule has 0 radical (unpaired) electrons. The van der Waals surface area contributed by atoms with Crippen molar-refractivity contribution in [2.45, 2.75) is 32.4 Å². The molecule has 0 amide bonds. The second kappa shape index (κ2) is 6.25. The molecule has 100 valence electrons. The zero-order valence-electron chi connectivity index (χ0n) is 10.8. The largest absolute Gasteiger partial charge is 0.309 e. The molecule has 0 saturated carbocycles. The number of hydrogen-bond acceptors (Lipinski definition) is 2. The lowest BCUT2D eigenvalue weighted by Gasteiger charge is -2.21. The summed E-state index contributed by atoms with van der Waals surface area (Å²) < 4.78 is 26.0. The molecule has 0 spiro atoms. The molecule has 18 heavy (non-hydrogen) atoms. The van der Waals surface area contributed by atoms with Gasteiger partial charge in [-0.25, -0.2) is 8.78 Å². The molecule has 1 aromatic carbocycles. The van der Waals surface area contributed by atoms with Crippen molar-refractivity contribution in [2.24, 2.45) is 0 Å². The average Bonchev–Trinajstić information content (AvgIpc) is 2.78. The van der Waals surface area contributed by atoms with Gasteiger partial charge in [-0.3, -0.25) is 0 Å². The lowest BCUT2D eigenvalue weighted by atomic mass is 10.2. The van der Waals surface area contributed by atoms with Crippen LogP contribution in [0, 0.1) is 11.6 Å². The summed E-state index contributed by atoms with van der Waals surface area (Å²) in [5.41, 5.74) is 0.653. The molecule has 1 aliphatic heterocycles. The summed E-state index contributed by atoms with van der Waals surface area (Å²) in [5.74, 6) is -1.03. The van der Waals surface area contributed by atoms with Gasteiger partial charge in [0.2, 0.25) is 0 Å². The van der Waals surface area contributed by atoms with Crippen molar-refractivity contribution >= 4 is 0 Å². The van der Waals surface area contributed by atoms with Gasteiger partial charge in [-0.1, -0.05) is 0 Å². The Hall–Kier alpha value is -1.00. The fourth-order valence-electron chi connectivity index (χ4n) is 2.42. The molecule has 2 nitrogen and oxygen atoms in total. The molecule has 1 heterocycles. The highest BCUT2D eigenvalue weighted by molar-refractivity contribution is 5.17. The van der Waals surface area contributed by atoms with E-state index in [1.807, 2.05) is 0 Å². The SMILES string of the molecule is CC(CN1CCCC1)NCc1cc(F)cc(F)c1. The molecule has 4 heteroatoms. The zero-order chi connectivity index (χ0) is 13.0. The third kappa shape index (κ3) is 4.03. The van der Waals surface area contributed by atoms with Crippen molar-refractivity contribution in [3.05, 3.63) is 35.4 Å². The van der Waals surface area contributed by atoms with E-state index >= 15 is 0 Å². The molecule has 0 aliphatic carbocycles. The van der Waals surface area contributed by atoms with Crippen LogP contribution in [0.3, 0.4) is 0 Å². The van der Waals surface area contributed by atoms with Crippen molar-refractivity contribution < 1.29 is 8.78 Å². The van der Waals surface area contributed by atoms with Gasteiger partial charge in [0.1, 0.15) is 11.6 Å². The van der Waals surface area contributed by atoms with Gasteiger partial charge in [0.25, 0.3) is 0 Å². The topological polar surface area (TPSA) is 15.3 Å². The van der Waals surface area contributed by atoms with Crippen LogP contribution in [0.2, 0.25) is 0 Å². The van der Waals surface area contributed by atoms with Gasteiger partial charge in [0.05, 0.1) is 0 Å². The van der Waals surface area contributed by atoms with E-state index in [9.17, 15) is 8.78 Å². The van der Waals surface area contributed by atoms with E-state index in [2.05, 4.69) is 17.1 Å². The van der Waals surface area contributed by atoms with E-state index in [0.717, 1.165) is 12.6 Å². The highest BCUT2D eigenvalue weighted by Crippen LogP contribution is 2.09. The van der Waals surface area contributed by atoms with Crippen molar-refractivity contribution in [3.63, 3.8) is 0 Å². The van der Waals surface area contributed by atoms with Crippen LogP contribution >= 0.6 is 0 Å². The first-order chi connectivity index (χ1) is 8.63. The van der Waals surface area contributed by atoms with Crippen LogP contribution in [0.25, 0.3) is 0 Å². The van der Waals surface area contributed by atoms with Crippen LogP contribution in [-0.4, -0.2) is 30.6 Å². The number of benzene rings is 1. The standard InChI is InChI=1S/C14H20F2N2/c1-11(10-18-4-2-3-5-18)17-9-12-6-13(15)8-14(16)7-12/h6-8,11,17H,2-5,9-10H2,1H3. The van der Waals surface area contributed by atoms with Crippen molar-refractivity contribution in [1.29, 1.82) is 0 Å². The Morgan fingerprint density at radius 1 is 1.17 bits per heavy atom. The van der Waals surface area contributed by atoms with Gasteiger partial charge in [0, 0.05) is 25.2 Å². The Morgan fingerprint density at radius 2 is 1.78 bits per heavy atom. The van der Waals surface area contributed by atoms with Gasteiger partial charge in [-0.05, 0) is 50.6 Å². The summed E-state index contributed by atoms with van der Waals surface area (Å²) in [6, 6.07) is 3.98. The van der Waals surface area contributed by atoms with E-state index in [-0.39, 0.29) is 0 Å². The number of likely N-dealkylation sites (tertiary alicyclic amines) is 1. The molecule has 1 fully saturated rings. The lowest BCUT2D eigenvalue weighted by Crippen LogP contribution is -2.37. The molecule has 1 aliphatic rings. The maximum atomic E-state index is 13.0. The Labute approximate surface area is 107 Å². The number of nitrogens with zero attached hydrogens (tertiary/aromatic N) is 1. The molecule has 0 bridgehead atoms. The minimum atomic E-state index is -0.515. The van der Waals surface area contributed by atoms with Gasteiger partial charge in [-0.2, -0.15) is 0 Å². The quantitative estimate of drug-likeness (QED) is 0.868. The first kappa shape index (κ1) is 13.4. The first-order valence-corrected chi connectivity index (χ1v) is 6.54. The highest BCUT2D eigenvalue weighted by Gasteiger charge is 2.14. The summed E-state index contributed by atoms with van der Waals surface area (Å²) in [6.45, 7) is 5.94. The van der Waals surface area contributed by atoms with Crippen molar-refractivity contribution in [1.82, 2.24) is 10.2 Å². The number of nitrogens with one attached hydrogen (secondary N) is 1. The fourth-order valence-corrected chi connectivity index (χ4v) is 2.42. The molecule has 0 aromatic heterocycles. The number of hydrogen-bond donors (Lipinski definition) is 1. The summed E-state index contributed by atoms with van der Waals surface area (Å²) in [5, 5.41) is 3.31. The van der Waals surface area contributed by atoms with Crippen molar-refractivity contribution in [2.75, 3.05) is 19.6 Å². The Balaban J connectivity index is 1.79. The first-order valence-electron chi connectivity index (χ1n) is 6.54. The number of halogens is 2. The minimum Gasteiger partial charge on any atom is -0.309 e. The number of rotatable bonds is 5. The Kier molecular flexibility index (Phi) is 4.66. The van der Waals surface area contributed by atoms with Gasteiger partial charge >= 0.3 is 0 Å². The molecule has 1 N–H and O–H groups in total. The predicted octanol–water partition coefficient (Wildman–Crippen LogP) is 2.54. The smallest absolute Gasteiger partial charge is 0.126 e. The van der Waals surface area contributed by atoms with Gasteiger partial charge in [-0.15, -0.1) is 0 Å². The van der Waals surface area contributed by atoms with E-state index in [4.69, 9.17) is 0 Å².